The molecule has 3 aromatic rings. The van der Waals surface area contributed by atoms with Crippen LogP contribution in [0.5, 0.6) is 5.88 Å². The average Bonchev–Trinajstić information content (AvgIpc) is 2.55. The van der Waals surface area contributed by atoms with Gasteiger partial charge in [0.05, 0.1) is 11.6 Å². The van der Waals surface area contributed by atoms with Gasteiger partial charge in [0, 0.05) is 5.39 Å². The van der Waals surface area contributed by atoms with Crippen molar-refractivity contribution in [2.75, 3.05) is 0 Å². The summed E-state index contributed by atoms with van der Waals surface area (Å²) in [4.78, 5) is 4.53. The van der Waals surface area contributed by atoms with E-state index in [0.717, 1.165) is 22.0 Å². The van der Waals surface area contributed by atoms with Gasteiger partial charge in [-0.3, -0.25) is 0 Å². The minimum Gasteiger partial charge on any atom is -0.469 e. The van der Waals surface area contributed by atoms with Crippen LogP contribution >= 0.6 is 11.6 Å². The molecule has 0 aliphatic carbocycles. The monoisotopic (exact) mass is 297 g/mol. The SMILES string of the molecule is CC(Oc1nc(CCl)cc2ccccc12)c1ccccc1. The minimum absolute atomic E-state index is 0.0623. The normalized spacial score (nSPS) is 12.3. The average molecular weight is 298 g/mol. The van der Waals surface area contributed by atoms with Gasteiger partial charge < -0.3 is 4.74 Å². The Hall–Kier alpha value is -2.06. The summed E-state index contributed by atoms with van der Waals surface area (Å²) < 4.78 is 6.09. The maximum absolute atomic E-state index is 6.09. The second-order valence-electron chi connectivity index (χ2n) is 4.94. The molecule has 0 amide bonds. The van der Waals surface area contributed by atoms with Crippen LogP contribution in [0.25, 0.3) is 10.8 Å². The van der Waals surface area contributed by atoms with Crippen LogP contribution in [-0.4, -0.2) is 4.98 Å². The molecule has 0 aliphatic heterocycles. The van der Waals surface area contributed by atoms with Crippen molar-refractivity contribution in [1.82, 2.24) is 4.98 Å². The number of aromatic nitrogens is 1. The summed E-state index contributed by atoms with van der Waals surface area (Å²) in [6, 6.07) is 20.2. The van der Waals surface area contributed by atoms with Crippen LogP contribution in [0.15, 0.2) is 60.7 Å². The van der Waals surface area contributed by atoms with Gasteiger partial charge >= 0.3 is 0 Å². The lowest BCUT2D eigenvalue weighted by Gasteiger charge is -2.16. The molecule has 3 heteroatoms. The molecule has 21 heavy (non-hydrogen) atoms. The summed E-state index contributed by atoms with van der Waals surface area (Å²) in [7, 11) is 0. The highest BCUT2D eigenvalue weighted by Crippen LogP contribution is 2.29. The molecule has 1 atom stereocenters. The summed E-state index contributed by atoms with van der Waals surface area (Å²) >= 11 is 5.93. The van der Waals surface area contributed by atoms with Crippen LogP contribution < -0.4 is 4.74 Å². The van der Waals surface area contributed by atoms with Crippen molar-refractivity contribution in [3.05, 3.63) is 71.9 Å². The Morgan fingerprint density at radius 3 is 2.52 bits per heavy atom. The number of halogens is 1. The molecule has 1 aromatic heterocycles. The van der Waals surface area contributed by atoms with E-state index in [4.69, 9.17) is 16.3 Å². The van der Waals surface area contributed by atoms with Gasteiger partial charge in [0.2, 0.25) is 5.88 Å². The van der Waals surface area contributed by atoms with E-state index in [9.17, 15) is 0 Å². The number of nitrogens with zero attached hydrogens (tertiary/aromatic N) is 1. The van der Waals surface area contributed by atoms with E-state index in [1.807, 2.05) is 55.5 Å². The Bertz CT molecular complexity index is 743. The van der Waals surface area contributed by atoms with Gasteiger partial charge in [0.15, 0.2) is 0 Å². The standard InChI is InChI=1S/C18H16ClNO/c1-13(14-7-3-2-4-8-14)21-18-17-10-6-5-9-15(17)11-16(12-19)20-18/h2-11,13H,12H2,1H3. The highest BCUT2D eigenvalue weighted by molar-refractivity contribution is 6.17. The third kappa shape index (κ3) is 3.01. The van der Waals surface area contributed by atoms with E-state index >= 15 is 0 Å². The zero-order valence-corrected chi connectivity index (χ0v) is 12.5. The lowest BCUT2D eigenvalue weighted by molar-refractivity contribution is 0.220. The van der Waals surface area contributed by atoms with Crippen LogP contribution in [0, 0.1) is 0 Å². The minimum atomic E-state index is -0.0623. The number of hydrogen-bond acceptors (Lipinski definition) is 2. The van der Waals surface area contributed by atoms with Crippen LogP contribution in [0.4, 0.5) is 0 Å². The van der Waals surface area contributed by atoms with Crippen molar-refractivity contribution < 1.29 is 4.74 Å². The van der Waals surface area contributed by atoms with Crippen molar-refractivity contribution in [1.29, 1.82) is 0 Å². The Balaban J connectivity index is 1.99. The molecule has 1 heterocycles. The summed E-state index contributed by atoms with van der Waals surface area (Å²) in [5, 5.41) is 2.10. The molecule has 0 radical (unpaired) electrons. The predicted molar refractivity (Wildman–Crippen MR) is 86.8 cm³/mol. The highest BCUT2D eigenvalue weighted by Gasteiger charge is 2.12. The first-order valence-corrected chi connectivity index (χ1v) is 7.47. The van der Waals surface area contributed by atoms with E-state index in [0.29, 0.717) is 11.8 Å². The summed E-state index contributed by atoms with van der Waals surface area (Å²) in [5.41, 5.74) is 1.95. The first-order valence-electron chi connectivity index (χ1n) is 6.94. The zero-order chi connectivity index (χ0) is 14.7. The predicted octanol–water partition coefficient (Wildman–Crippen LogP) is 5.11. The third-order valence-corrected chi connectivity index (χ3v) is 3.73. The molecule has 0 spiro atoms. The number of fused-ring (bicyclic) bond motifs is 1. The maximum Gasteiger partial charge on any atom is 0.222 e. The van der Waals surface area contributed by atoms with Gasteiger partial charge in [-0.15, -0.1) is 11.6 Å². The Labute approximate surface area is 129 Å². The summed E-state index contributed by atoms with van der Waals surface area (Å²) in [6.07, 6.45) is -0.0623. The molecular weight excluding hydrogens is 282 g/mol. The summed E-state index contributed by atoms with van der Waals surface area (Å²) in [6.45, 7) is 2.03. The van der Waals surface area contributed by atoms with Gasteiger partial charge in [0.1, 0.15) is 6.10 Å². The second-order valence-corrected chi connectivity index (χ2v) is 5.21. The molecule has 2 nitrogen and oxygen atoms in total. The van der Waals surface area contributed by atoms with Crippen molar-refractivity contribution in [2.24, 2.45) is 0 Å². The number of ether oxygens (including phenoxy) is 1. The highest BCUT2D eigenvalue weighted by atomic mass is 35.5. The third-order valence-electron chi connectivity index (χ3n) is 3.45. The van der Waals surface area contributed by atoms with Crippen LogP contribution in [0.1, 0.15) is 24.3 Å². The van der Waals surface area contributed by atoms with E-state index in [-0.39, 0.29) is 6.10 Å². The molecule has 0 bridgehead atoms. The number of rotatable bonds is 4. The topological polar surface area (TPSA) is 22.1 Å². The quantitative estimate of drug-likeness (QED) is 0.624. The first kappa shape index (κ1) is 13.9. The zero-order valence-electron chi connectivity index (χ0n) is 11.8. The smallest absolute Gasteiger partial charge is 0.222 e. The lowest BCUT2D eigenvalue weighted by atomic mass is 10.1. The van der Waals surface area contributed by atoms with E-state index in [1.54, 1.807) is 0 Å². The number of benzene rings is 2. The first-order chi connectivity index (χ1) is 10.3. The molecular formula is C18H16ClNO. The molecule has 0 fully saturated rings. The molecule has 106 valence electrons. The van der Waals surface area contributed by atoms with Crippen molar-refractivity contribution >= 4 is 22.4 Å². The number of pyridine rings is 1. The van der Waals surface area contributed by atoms with Crippen LogP contribution in [0.2, 0.25) is 0 Å². The molecule has 2 aromatic carbocycles. The van der Waals surface area contributed by atoms with Gasteiger partial charge in [-0.05, 0) is 30.0 Å². The number of hydrogen-bond donors (Lipinski definition) is 0. The Kier molecular flexibility index (Phi) is 4.07. The van der Waals surface area contributed by atoms with Gasteiger partial charge in [-0.1, -0.05) is 48.5 Å². The van der Waals surface area contributed by atoms with Crippen molar-refractivity contribution in [2.45, 2.75) is 18.9 Å². The Morgan fingerprint density at radius 1 is 1.05 bits per heavy atom. The largest absolute Gasteiger partial charge is 0.469 e. The molecule has 0 saturated heterocycles. The fourth-order valence-corrected chi connectivity index (χ4v) is 2.47. The molecule has 1 unspecified atom stereocenters. The van der Waals surface area contributed by atoms with Crippen molar-refractivity contribution in [3.63, 3.8) is 0 Å². The Morgan fingerprint density at radius 2 is 1.76 bits per heavy atom. The number of alkyl halides is 1. The van der Waals surface area contributed by atoms with E-state index < -0.39 is 0 Å². The van der Waals surface area contributed by atoms with Gasteiger partial charge in [-0.25, -0.2) is 4.98 Å². The van der Waals surface area contributed by atoms with Crippen LogP contribution in [-0.2, 0) is 5.88 Å². The van der Waals surface area contributed by atoms with Gasteiger partial charge in [-0.2, -0.15) is 0 Å². The summed E-state index contributed by atoms with van der Waals surface area (Å²) in [5.74, 6) is 1.01. The molecule has 0 saturated carbocycles. The van der Waals surface area contributed by atoms with E-state index in [1.165, 1.54) is 0 Å². The molecule has 0 aliphatic rings. The van der Waals surface area contributed by atoms with Gasteiger partial charge in [0.25, 0.3) is 0 Å². The van der Waals surface area contributed by atoms with Crippen LogP contribution in [0.3, 0.4) is 0 Å². The molecule has 3 rings (SSSR count). The van der Waals surface area contributed by atoms with Crippen molar-refractivity contribution in [3.8, 4) is 5.88 Å². The fourth-order valence-electron chi connectivity index (χ4n) is 2.34. The fraction of sp³-hybridized carbons (Fsp3) is 0.167. The maximum atomic E-state index is 6.09. The second kappa shape index (κ2) is 6.15. The van der Waals surface area contributed by atoms with E-state index in [2.05, 4.69) is 17.1 Å². The lowest BCUT2D eigenvalue weighted by Crippen LogP contribution is -2.05. The molecule has 0 N–H and O–H groups in total.